The molecule has 1 aromatic rings. The lowest BCUT2D eigenvalue weighted by Crippen LogP contribution is -2.59. The van der Waals surface area contributed by atoms with Gasteiger partial charge in [0.05, 0.1) is 11.8 Å². The summed E-state index contributed by atoms with van der Waals surface area (Å²) < 4.78 is 0. The number of carbonyl (C=O) groups is 2. The van der Waals surface area contributed by atoms with E-state index in [-0.39, 0.29) is 23.1 Å². The second-order valence-electron chi connectivity index (χ2n) is 8.12. The predicted octanol–water partition coefficient (Wildman–Crippen LogP) is 2.21. The van der Waals surface area contributed by atoms with E-state index >= 15 is 0 Å². The number of rotatable bonds is 3. The molecule has 2 fully saturated rings. The van der Waals surface area contributed by atoms with E-state index in [0.29, 0.717) is 19.5 Å². The molecular formula is C19H26N2O2. The molecule has 2 N–H and O–H groups in total. The fourth-order valence-corrected chi connectivity index (χ4v) is 4.68. The van der Waals surface area contributed by atoms with Gasteiger partial charge in [-0.2, -0.15) is 0 Å². The number of likely N-dealkylation sites (tertiary alicyclic amines) is 1. The molecule has 23 heavy (non-hydrogen) atoms. The Labute approximate surface area is 138 Å². The second-order valence-corrected chi connectivity index (χ2v) is 8.12. The third-order valence-corrected chi connectivity index (χ3v) is 5.95. The highest BCUT2D eigenvalue weighted by Crippen LogP contribution is 2.62. The molecule has 4 nitrogen and oxygen atoms in total. The van der Waals surface area contributed by atoms with E-state index in [0.717, 1.165) is 23.1 Å². The number of hydrogen-bond acceptors (Lipinski definition) is 2. The summed E-state index contributed by atoms with van der Waals surface area (Å²) in [4.78, 5) is 26.6. The molecule has 2 aliphatic rings. The van der Waals surface area contributed by atoms with Crippen molar-refractivity contribution >= 4 is 11.8 Å². The quantitative estimate of drug-likeness (QED) is 0.929. The summed E-state index contributed by atoms with van der Waals surface area (Å²) in [5.41, 5.74) is 8.63. The van der Waals surface area contributed by atoms with Crippen molar-refractivity contribution < 1.29 is 9.59 Å². The van der Waals surface area contributed by atoms with Gasteiger partial charge in [-0.05, 0) is 42.7 Å². The Kier molecular flexibility index (Phi) is 3.54. The molecule has 2 atom stereocenters. The number of carbonyl (C=O) groups excluding carboxylic acids is 2. The molecule has 0 unspecified atom stereocenters. The van der Waals surface area contributed by atoms with Crippen LogP contribution in [0.25, 0.3) is 0 Å². The Morgan fingerprint density at radius 1 is 1.30 bits per heavy atom. The third kappa shape index (κ3) is 2.44. The van der Waals surface area contributed by atoms with E-state index in [1.165, 1.54) is 0 Å². The molecule has 1 saturated carbocycles. The van der Waals surface area contributed by atoms with Crippen LogP contribution in [0.3, 0.4) is 0 Å². The van der Waals surface area contributed by atoms with Crippen LogP contribution in [0.1, 0.15) is 37.0 Å². The summed E-state index contributed by atoms with van der Waals surface area (Å²) in [6, 6.07) is 6.19. The van der Waals surface area contributed by atoms with Crippen molar-refractivity contribution in [2.24, 2.45) is 22.5 Å². The molecule has 1 aliphatic heterocycles. The Bertz CT molecular complexity index is 680. The van der Waals surface area contributed by atoms with Gasteiger partial charge >= 0.3 is 0 Å². The average molecular weight is 314 g/mol. The zero-order valence-electron chi connectivity index (χ0n) is 14.5. The SMILES string of the molecule is Cc1ccc(C)c(CC(=O)N2C[C@@H]3C(C)(C)C[C@]3(C(N)=O)C2)c1. The molecule has 3 rings (SSSR count). The number of nitrogens with two attached hydrogens (primary N) is 1. The highest BCUT2D eigenvalue weighted by Gasteiger charge is 2.66. The number of hydrogen-bond donors (Lipinski definition) is 1. The van der Waals surface area contributed by atoms with E-state index in [1.807, 2.05) is 18.7 Å². The maximum absolute atomic E-state index is 12.7. The fraction of sp³-hybridized carbons (Fsp3) is 0.579. The van der Waals surface area contributed by atoms with Gasteiger partial charge < -0.3 is 10.6 Å². The number of amides is 2. The molecular weight excluding hydrogens is 288 g/mol. The largest absolute Gasteiger partial charge is 0.369 e. The van der Waals surface area contributed by atoms with Gasteiger partial charge in [0.15, 0.2) is 0 Å². The van der Waals surface area contributed by atoms with Crippen LogP contribution < -0.4 is 5.73 Å². The fourth-order valence-electron chi connectivity index (χ4n) is 4.68. The molecule has 1 saturated heterocycles. The van der Waals surface area contributed by atoms with Gasteiger partial charge in [0.25, 0.3) is 0 Å². The van der Waals surface area contributed by atoms with Crippen LogP contribution in [0, 0.1) is 30.6 Å². The molecule has 1 heterocycles. The van der Waals surface area contributed by atoms with Gasteiger partial charge in [0.1, 0.15) is 0 Å². The maximum atomic E-state index is 12.7. The summed E-state index contributed by atoms with van der Waals surface area (Å²) in [5, 5.41) is 0. The zero-order valence-corrected chi connectivity index (χ0v) is 14.5. The summed E-state index contributed by atoms with van der Waals surface area (Å²) >= 11 is 0. The molecule has 0 radical (unpaired) electrons. The van der Waals surface area contributed by atoms with Crippen LogP contribution in [-0.2, 0) is 16.0 Å². The first-order valence-electron chi connectivity index (χ1n) is 8.29. The minimum absolute atomic E-state index is 0.0866. The highest BCUT2D eigenvalue weighted by atomic mass is 16.2. The minimum atomic E-state index is -0.499. The van der Waals surface area contributed by atoms with E-state index in [1.54, 1.807) is 0 Å². The van der Waals surface area contributed by atoms with Gasteiger partial charge in [0.2, 0.25) is 11.8 Å². The van der Waals surface area contributed by atoms with Crippen LogP contribution in [0.2, 0.25) is 0 Å². The Balaban J connectivity index is 1.77. The lowest BCUT2D eigenvalue weighted by atomic mass is 9.48. The molecule has 124 valence electrons. The Morgan fingerprint density at radius 2 is 2.00 bits per heavy atom. The van der Waals surface area contributed by atoms with Gasteiger partial charge in [-0.3, -0.25) is 9.59 Å². The standard InChI is InChI=1S/C19H26N2O2/c1-12-5-6-13(2)14(7-12)8-16(22)21-9-15-18(3,4)10-19(15,11-21)17(20)23/h5-7,15H,8-11H2,1-4H3,(H2,20,23)/t15-,19+/m1/s1. The van der Waals surface area contributed by atoms with Crippen LogP contribution in [-0.4, -0.2) is 29.8 Å². The average Bonchev–Trinajstić information content (AvgIpc) is 2.79. The van der Waals surface area contributed by atoms with Crippen molar-refractivity contribution in [3.8, 4) is 0 Å². The number of primary amides is 1. The molecule has 0 aromatic heterocycles. The Hall–Kier alpha value is -1.84. The molecule has 4 heteroatoms. The summed E-state index contributed by atoms with van der Waals surface area (Å²) in [5.74, 6) is 0.0449. The van der Waals surface area contributed by atoms with Crippen molar-refractivity contribution in [2.75, 3.05) is 13.1 Å². The van der Waals surface area contributed by atoms with Gasteiger partial charge in [0, 0.05) is 13.1 Å². The summed E-state index contributed by atoms with van der Waals surface area (Å²) in [7, 11) is 0. The van der Waals surface area contributed by atoms with Crippen LogP contribution in [0.5, 0.6) is 0 Å². The molecule has 0 bridgehead atoms. The van der Waals surface area contributed by atoms with Crippen LogP contribution in [0.4, 0.5) is 0 Å². The van der Waals surface area contributed by atoms with E-state index in [2.05, 4.69) is 32.0 Å². The lowest BCUT2D eigenvalue weighted by molar-refractivity contribution is -0.148. The zero-order chi connectivity index (χ0) is 17.0. The summed E-state index contributed by atoms with van der Waals surface area (Å²) in [6.45, 7) is 9.53. The van der Waals surface area contributed by atoms with Crippen LogP contribution >= 0.6 is 0 Å². The minimum Gasteiger partial charge on any atom is -0.369 e. The highest BCUT2D eigenvalue weighted by molar-refractivity contribution is 5.86. The smallest absolute Gasteiger partial charge is 0.227 e. The molecule has 2 amide bonds. The first kappa shape index (κ1) is 16.0. The first-order chi connectivity index (χ1) is 10.7. The maximum Gasteiger partial charge on any atom is 0.227 e. The topological polar surface area (TPSA) is 63.4 Å². The van der Waals surface area contributed by atoms with Crippen LogP contribution in [0.15, 0.2) is 18.2 Å². The second kappa shape index (κ2) is 5.08. The molecule has 1 aliphatic carbocycles. The predicted molar refractivity (Wildman–Crippen MR) is 89.7 cm³/mol. The first-order valence-corrected chi connectivity index (χ1v) is 8.29. The number of nitrogens with zero attached hydrogens (tertiary/aromatic N) is 1. The number of aryl methyl sites for hydroxylation is 2. The molecule has 1 aromatic carbocycles. The van der Waals surface area contributed by atoms with E-state index in [4.69, 9.17) is 5.73 Å². The summed E-state index contributed by atoms with van der Waals surface area (Å²) in [6.07, 6.45) is 1.18. The van der Waals surface area contributed by atoms with Gasteiger partial charge in [-0.1, -0.05) is 37.6 Å². The third-order valence-electron chi connectivity index (χ3n) is 5.95. The van der Waals surface area contributed by atoms with E-state index < -0.39 is 5.41 Å². The monoisotopic (exact) mass is 314 g/mol. The Morgan fingerprint density at radius 3 is 2.57 bits per heavy atom. The lowest BCUT2D eigenvalue weighted by Gasteiger charge is -2.54. The number of fused-ring (bicyclic) bond motifs is 1. The van der Waals surface area contributed by atoms with Crippen molar-refractivity contribution in [3.05, 3.63) is 34.9 Å². The van der Waals surface area contributed by atoms with Crippen molar-refractivity contribution in [3.63, 3.8) is 0 Å². The van der Waals surface area contributed by atoms with Crippen molar-refractivity contribution in [1.29, 1.82) is 0 Å². The normalized spacial score (nSPS) is 28.2. The van der Waals surface area contributed by atoms with Crippen molar-refractivity contribution in [2.45, 2.75) is 40.5 Å². The van der Waals surface area contributed by atoms with E-state index in [9.17, 15) is 9.59 Å². The van der Waals surface area contributed by atoms with Gasteiger partial charge in [-0.25, -0.2) is 0 Å². The van der Waals surface area contributed by atoms with Gasteiger partial charge in [-0.15, -0.1) is 0 Å². The number of benzene rings is 1. The molecule has 0 spiro atoms. The van der Waals surface area contributed by atoms with Crippen molar-refractivity contribution in [1.82, 2.24) is 4.90 Å².